The summed E-state index contributed by atoms with van der Waals surface area (Å²) in [5.41, 5.74) is 16.0. The van der Waals surface area contributed by atoms with Gasteiger partial charge in [-0.1, -0.05) is 147 Å². The second-order valence-electron chi connectivity index (χ2n) is 16.1. The Kier molecular flexibility index (Phi) is 6.98. The zero-order chi connectivity index (χ0) is 38.5. The third kappa shape index (κ3) is 4.74. The lowest BCUT2D eigenvalue weighted by molar-refractivity contribution is 0.660. The van der Waals surface area contributed by atoms with E-state index in [0.717, 1.165) is 50.3 Å². The predicted octanol–water partition coefficient (Wildman–Crippen LogP) is 15.3. The zero-order valence-corrected chi connectivity index (χ0v) is 32.3. The van der Waals surface area contributed by atoms with Gasteiger partial charge in [0, 0.05) is 44.0 Å². The van der Waals surface area contributed by atoms with Crippen molar-refractivity contribution in [3.05, 3.63) is 205 Å². The molecule has 58 heavy (non-hydrogen) atoms. The van der Waals surface area contributed by atoms with Gasteiger partial charge in [0.1, 0.15) is 5.58 Å². The molecule has 0 saturated heterocycles. The van der Waals surface area contributed by atoms with E-state index in [4.69, 9.17) is 4.42 Å². The molecule has 0 fully saturated rings. The Bertz CT molecular complexity index is 3370. The highest BCUT2D eigenvalue weighted by Gasteiger charge is 2.36. The Balaban J connectivity index is 1.01. The van der Waals surface area contributed by atoms with Crippen molar-refractivity contribution in [3.63, 3.8) is 0 Å². The van der Waals surface area contributed by atoms with Crippen molar-refractivity contribution >= 4 is 71.6 Å². The van der Waals surface area contributed by atoms with Crippen molar-refractivity contribution in [1.82, 2.24) is 4.57 Å². The maximum Gasteiger partial charge on any atom is 0.160 e. The number of rotatable bonds is 5. The quantitative estimate of drug-likeness (QED) is 0.175. The van der Waals surface area contributed by atoms with Gasteiger partial charge in [0.2, 0.25) is 0 Å². The van der Waals surface area contributed by atoms with Gasteiger partial charge in [-0.2, -0.15) is 0 Å². The van der Waals surface area contributed by atoms with E-state index < -0.39 is 0 Å². The lowest BCUT2D eigenvalue weighted by atomic mass is 9.82. The molecular weight excluding hydrogens is 705 g/mol. The van der Waals surface area contributed by atoms with Gasteiger partial charge in [0.15, 0.2) is 5.58 Å². The highest BCUT2D eigenvalue weighted by molar-refractivity contribution is 6.23. The van der Waals surface area contributed by atoms with Gasteiger partial charge < -0.3 is 13.9 Å². The van der Waals surface area contributed by atoms with E-state index >= 15 is 0 Å². The van der Waals surface area contributed by atoms with Gasteiger partial charge in [0.05, 0.1) is 16.7 Å². The lowest BCUT2D eigenvalue weighted by Crippen LogP contribution is -2.16. The number of hydrogen-bond donors (Lipinski definition) is 0. The second-order valence-corrected chi connectivity index (χ2v) is 16.1. The highest BCUT2D eigenvalue weighted by atomic mass is 16.3. The van der Waals surface area contributed by atoms with Crippen LogP contribution in [0.2, 0.25) is 0 Å². The van der Waals surface area contributed by atoms with E-state index in [-0.39, 0.29) is 5.41 Å². The van der Waals surface area contributed by atoms with Crippen molar-refractivity contribution in [2.24, 2.45) is 0 Å². The van der Waals surface area contributed by atoms with Gasteiger partial charge in [-0.05, 0) is 105 Å². The molecule has 3 nitrogen and oxygen atoms in total. The number of hydrogen-bond acceptors (Lipinski definition) is 2. The Morgan fingerprint density at radius 1 is 0.466 bits per heavy atom. The summed E-state index contributed by atoms with van der Waals surface area (Å²) < 4.78 is 9.21. The van der Waals surface area contributed by atoms with Crippen LogP contribution >= 0.6 is 0 Å². The van der Waals surface area contributed by atoms with Crippen molar-refractivity contribution in [2.75, 3.05) is 4.90 Å². The molecule has 0 saturated carbocycles. The molecular formula is C55H38N2O. The van der Waals surface area contributed by atoms with Crippen LogP contribution < -0.4 is 4.90 Å². The first kappa shape index (κ1) is 32.8. The van der Waals surface area contributed by atoms with Crippen LogP contribution in [0.5, 0.6) is 0 Å². The maximum absolute atomic E-state index is 6.84. The summed E-state index contributed by atoms with van der Waals surface area (Å²) in [6.07, 6.45) is 0. The molecule has 0 N–H and O–H groups in total. The normalized spacial score (nSPS) is 13.1. The number of anilines is 3. The van der Waals surface area contributed by atoms with Gasteiger partial charge in [-0.25, -0.2) is 0 Å². The molecule has 9 aromatic carbocycles. The summed E-state index contributed by atoms with van der Waals surface area (Å²) in [5.74, 6) is 0. The molecule has 0 unspecified atom stereocenters. The van der Waals surface area contributed by atoms with Gasteiger partial charge in [-0.3, -0.25) is 0 Å². The van der Waals surface area contributed by atoms with Crippen LogP contribution in [0.1, 0.15) is 25.0 Å². The van der Waals surface area contributed by atoms with Gasteiger partial charge in [0.25, 0.3) is 0 Å². The van der Waals surface area contributed by atoms with Crippen LogP contribution in [0.25, 0.3) is 82.5 Å². The number of furan rings is 1. The first-order valence-corrected chi connectivity index (χ1v) is 20.1. The molecule has 1 aliphatic carbocycles. The molecule has 2 heterocycles. The molecule has 274 valence electrons. The molecule has 0 amide bonds. The predicted molar refractivity (Wildman–Crippen MR) is 243 cm³/mol. The molecule has 0 spiro atoms. The van der Waals surface area contributed by atoms with E-state index in [1.807, 2.05) is 0 Å². The fourth-order valence-corrected chi connectivity index (χ4v) is 9.79. The minimum absolute atomic E-state index is 0.138. The first-order chi connectivity index (χ1) is 28.5. The number of aromatic nitrogens is 1. The number of fused-ring (bicyclic) bond motifs is 11. The number of para-hydroxylation sites is 3. The molecule has 3 heteroatoms. The fourth-order valence-electron chi connectivity index (χ4n) is 9.79. The van der Waals surface area contributed by atoms with Gasteiger partial charge in [-0.15, -0.1) is 0 Å². The number of benzene rings is 9. The topological polar surface area (TPSA) is 21.3 Å². The maximum atomic E-state index is 6.84. The Hall–Kier alpha value is -7.36. The van der Waals surface area contributed by atoms with Crippen molar-refractivity contribution < 1.29 is 4.42 Å². The summed E-state index contributed by atoms with van der Waals surface area (Å²) in [7, 11) is 0. The third-order valence-electron chi connectivity index (χ3n) is 12.6. The summed E-state index contributed by atoms with van der Waals surface area (Å²) in [6, 6.07) is 70.6. The largest absolute Gasteiger partial charge is 0.454 e. The summed E-state index contributed by atoms with van der Waals surface area (Å²) in [6.45, 7) is 4.70. The minimum atomic E-state index is -0.138. The molecule has 0 aliphatic heterocycles. The molecule has 1 aliphatic rings. The van der Waals surface area contributed by atoms with Crippen LogP contribution in [-0.2, 0) is 5.41 Å². The lowest BCUT2D eigenvalue weighted by Gasteiger charge is -2.28. The van der Waals surface area contributed by atoms with E-state index in [1.165, 1.54) is 60.4 Å². The summed E-state index contributed by atoms with van der Waals surface area (Å²) in [5, 5.41) is 7.17. The zero-order valence-electron chi connectivity index (χ0n) is 32.3. The second kappa shape index (κ2) is 12.3. The van der Waals surface area contributed by atoms with Gasteiger partial charge >= 0.3 is 0 Å². The van der Waals surface area contributed by atoms with Crippen LogP contribution in [0.15, 0.2) is 199 Å². The highest BCUT2D eigenvalue weighted by Crippen LogP contribution is 2.52. The Morgan fingerprint density at radius 3 is 1.78 bits per heavy atom. The average Bonchev–Trinajstić information content (AvgIpc) is 3.90. The van der Waals surface area contributed by atoms with Crippen molar-refractivity contribution in [2.45, 2.75) is 19.3 Å². The minimum Gasteiger partial charge on any atom is -0.454 e. The number of nitrogens with zero attached hydrogens (tertiary/aromatic N) is 2. The van der Waals surface area contributed by atoms with Crippen molar-refractivity contribution in [3.8, 4) is 27.9 Å². The van der Waals surface area contributed by atoms with E-state index in [9.17, 15) is 0 Å². The molecule has 11 aromatic rings. The fraction of sp³-hybridized carbons (Fsp3) is 0.0545. The van der Waals surface area contributed by atoms with Crippen molar-refractivity contribution in [1.29, 1.82) is 0 Å². The van der Waals surface area contributed by atoms with E-state index in [2.05, 4.69) is 217 Å². The smallest absolute Gasteiger partial charge is 0.160 e. The molecule has 0 atom stereocenters. The van der Waals surface area contributed by atoms with Crippen LogP contribution in [0.4, 0.5) is 17.1 Å². The monoisotopic (exact) mass is 742 g/mol. The average molecular weight is 743 g/mol. The first-order valence-electron chi connectivity index (χ1n) is 20.1. The van der Waals surface area contributed by atoms with E-state index in [0.29, 0.717) is 0 Å². The van der Waals surface area contributed by atoms with E-state index in [1.54, 1.807) is 0 Å². The standard InChI is InChI=1S/C55H38N2O/c1-55(2)47-19-9-5-15-42(47)43-32-31-40(34-48(43)55)56(51-33-37-13-3-4-14-41(37)53-46-18-8-12-22-52(46)58-54(51)53)38-27-23-35(24-28-38)36-25-29-39(30-26-36)57-49-20-10-6-16-44(49)45-17-7-11-21-50(45)57/h3-34H,1-2H3. The molecule has 0 radical (unpaired) electrons. The molecule has 12 rings (SSSR count). The van der Waals surface area contributed by atoms with Crippen LogP contribution in [0.3, 0.4) is 0 Å². The van der Waals surface area contributed by atoms with Crippen LogP contribution in [0, 0.1) is 0 Å². The molecule has 0 bridgehead atoms. The summed E-state index contributed by atoms with van der Waals surface area (Å²) in [4.78, 5) is 2.39. The SMILES string of the molecule is CC1(C)c2ccccc2-c2ccc(N(c3ccc(-c4ccc(-n5c6ccccc6c6ccccc65)cc4)cc3)c3cc4ccccc4c4c3oc3ccccc34)cc21. The Labute approximate surface area is 336 Å². The molecule has 2 aromatic heterocycles. The third-order valence-corrected chi connectivity index (χ3v) is 12.6. The Morgan fingerprint density at radius 2 is 1.03 bits per heavy atom. The van der Waals surface area contributed by atoms with Crippen LogP contribution in [-0.4, -0.2) is 4.57 Å². The summed E-state index contributed by atoms with van der Waals surface area (Å²) >= 11 is 0.